The minimum Gasteiger partial charge on any atom is -0.380 e. The molecule has 2 rings (SSSR count). The van der Waals surface area contributed by atoms with E-state index in [0.29, 0.717) is 12.1 Å². The van der Waals surface area contributed by atoms with Crippen LogP contribution < -0.4 is 5.32 Å². The van der Waals surface area contributed by atoms with Crippen LogP contribution in [0, 0.1) is 5.92 Å². The van der Waals surface area contributed by atoms with Crippen LogP contribution in [0.2, 0.25) is 0 Å². The highest BCUT2D eigenvalue weighted by Crippen LogP contribution is 2.36. The molecule has 1 aliphatic heterocycles. The minimum absolute atomic E-state index is 0.320. The average Bonchev–Trinajstić information content (AvgIpc) is 2.23. The Labute approximate surface area is 74.9 Å². The predicted molar refractivity (Wildman–Crippen MR) is 44.1 cm³/mol. The molecule has 2 N–H and O–H groups in total. The Morgan fingerprint density at radius 2 is 2.46 bits per heavy atom. The summed E-state index contributed by atoms with van der Waals surface area (Å²) in [6.07, 6.45) is 3.00. The van der Waals surface area contributed by atoms with Gasteiger partial charge in [0.25, 0.3) is 5.91 Å². The van der Waals surface area contributed by atoms with Gasteiger partial charge in [0.05, 0.1) is 0 Å². The second kappa shape index (κ2) is 2.42. The normalized spacial score (nSPS) is 37.8. The smallest absolute Gasteiger partial charge is 0.256 e. The van der Waals surface area contributed by atoms with Crippen LogP contribution in [-0.4, -0.2) is 16.6 Å². The zero-order valence-electron chi connectivity index (χ0n) is 7.17. The van der Waals surface area contributed by atoms with Crippen molar-refractivity contribution in [2.75, 3.05) is 0 Å². The van der Waals surface area contributed by atoms with Crippen molar-refractivity contribution in [3.8, 4) is 0 Å². The molecule has 70 valence electrons. The summed E-state index contributed by atoms with van der Waals surface area (Å²) in [5.41, 5.74) is -0.918. The van der Waals surface area contributed by atoms with E-state index >= 15 is 0 Å². The van der Waals surface area contributed by atoms with Gasteiger partial charge in [-0.3, -0.25) is 4.79 Å². The Bertz CT molecular complexity index is 331. The molecule has 1 fully saturated rings. The molecule has 2 aliphatic rings. The third-order valence-electron chi connectivity index (χ3n) is 2.61. The number of allylic oxidation sites excluding steroid dienone is 3. The molecule has 1 saturated heterocycles. The number of carbonyl (C=O) groups is 1. The van der Waals surface area contributed by atoms with Gasteiger partial charge in [0.15, 0.2) is 0 Å². The van der Waals surface area contributed by atoms with Crippen molar-refractivity contribution in [1.82, 2.24) is 5.32 Å². The van der Waals surface area contributed by atoms with Crippen molar-refractivity contribution in [2.45, 2.75) is 18.9 Å². The van der Waals surface area contributed by atoms with Crippen LogP contribution in [0.5, 0.6) is 0 Å². The molecule has 0 aromatic rings. The van der Waals surface area contributed by atoms with E-state index in [4.69, 9.17) is 0 Å². The number of hydrogen-bond acceptors (Lipinski definition) is 2. The molecule has 1 aliphatic carbocycles. The van der Waals surface area contributed by atoms with E-state index in [1.807, 2.05) is 0 Å². The minimum atomic E-state index is -1.40. The summed E-state index contributed by atoms with van der Waals surface area (Å²) in [5, 5.41) is 12.2. The molecule has 0 bridgehead atoms. The SMILES string of the molecule is CC1(O)C(=O)NC2=CC(F)=CCC21. The molecule has 0 spiro atoms. The number of amides is 1. The Kier molecular flexibility index (Phi) is 1.57. The Morgan fingerprint density at radius 1 is 1.77 bits per heavy atom. The molecule has 0 radical (unpaired) electrons. The van der Waals surface area contributed by atoms with Crippen molar-refractivity contribution in [3.05, 3.63) is 23.7 Å². The predicted octanol–water partition coefficient (Wildman–Crippen LogP) is 0.624. The van der Waals surface area contributed by atoms with E-state index < -0.39 is 11.5 Å². The van der Waals surface area contributed by atoms with Gasteiger partial charge in [0, 0.05) is 11.6 Å². The quantitative estimate of drug-likeness (QED) is 0.578. The van der Waals surface area contributed by atoms with Crippen LogP contribution in [0.4, 0.5) is 4.39 Å². The van der Waals surface area contributed by atoms with Gasteiger partial charge in [-0.1, -0.05) is 0 Å². The van der Waals surface area contributed by atoms with Crippen LogP contribution in [0.3, 0.4) is 0 Å². The number of nitrogens with one attached hydrogen (secondary N) is 1. The fourth-order valence-corrected chi connectivity index (χ4v) is 1.74. The van der Waals surface area contributed by atoms with Gasteiger partial charge in [-0.15, -0.1) is 0 Å². The number of carbonyl (C=O) groups excluding carboxylic acids is 1. The van der Waals surface area contributed by atoms with Gasteiger partial charge in [-0.05, 0) is 25.5 Å². The fourth-order valence-electron chi connectivity index (χ4n) is 1.74. The molecule has 0 aromatic heterocycles. The zero-order chi connectivity index (χ0) is 9.64. The third-order valence-corrected chi connectivity index (χ3v) is 2.61. The number of hydrogen-bond donors (Lipinski definition) is 2. The van der Waals surface area contributed by atoms with Gasteiger partial charge in [-0.25, -0.2) is 4.39 Å². The fraction of sp³-hybridized carbons (Fsp3) is 0.444. The molecule has 1 amide bonds. The van der Waals surface area contributed by atoms with Crippen molar-refractivity contribution in [2.24, 2.45) is 5.92 Å². The number of halogens is 1. The lowest BCUT2D eigenvalue weighted by atomic mass is 9.85. The molecule has 1 heterocycles. The van der Waals surface area contributed by atoms with Crippen LogP contribution in [0.25, 0.3) is 0 Å². The highest BCUT2D eigenvalue weighted by molar-refractivity contribution is 5.90. The molecule has 4 heteroatoms. The van der Waals surface area contributed by atoms with E-state index in [2.05, 4.69) is 5.32 Å². The Hall–Kier alpha value is -1.16. The van der Waals surface area contributed by atoms with Crippen LogP contribution in [0.15, 0.2) is 23.7 Å². The summed E-state index contributed by atoms with van der Waals surface area (Å²) >= 11 is 0. The summed E-state index contributed by atoms with van der Waals surface area (Å²) in [6.45, 7) is 1.45. The molecule has 13 heavy (non-hydrogen) atoms. The summed E-state index contributed by atoms with van der Waals surface area (Å²) < 4.78 is 12.8. The summed E-state index contributed by atoms with van der Waals surface area (Å²) in [6, 6.07) is 0. The maximum absolute atomic E-state index is 12.8. The Morgan fingerprint density at radius 3 is 3.15 bits per heavy atom. The third kappa shape index (κ3) is 1.09. The second-order valence-electron chi connectivity index (χ2n) is 3.58. The monoisotopic (exact) mass is 183 g/mol. The zero-order valence-corrected chi connectivity index (χ0v) is 7.17. The molecule has 0 saturated carbocycles. The van der Waals surface area contributed by atoms with Crippen molar-refractivity contribution < 1.29 is 14.3 Å². The Balaban J connectivity index is 2.38. The summed E-state index contributed by atoms with van der Waals surface area (Å²) in [5.74, 6) is -1.13. The van der Waals surface area contributed by atoms with Crippen molar-refractivity contribution in [3.63, 3.8) is 0 Å². The first kappa shape index (κ1) is 8.44. The lowest BCUT2D eigenvalue weighted by Crippen LogP contribution is -2.38. The lowest BCUT2D eigenvalue weighted by Gasteiger charge is -2.22. The summed E-state index contributed by atoms with van der Waals surface area (Å²) in [7, 11) is 0. The molecule has 2 atom stereocenters. The van der Waals surface area contributed by atoms with E-state index in [0.717, 1.165) is 0 Å². The number of rotatable bonds is 0. The maximum Gasteiger partial charge on any atom is 0.256 e. The van der Waals surface area contributed by atoms with Crippen molar-refractivity contribution in [1.29, 1.82) is 0 Å². The topological polar surface area (TPSA) is 49.3 Å². The van der Waals surface area contributed by atoms with Crippen LogP contribution >= 0.6 is 0 Å². The van der Waals surface area contributed by atoms with Gasteiger partial charge in [0.2, 0.25) is 0 Å². The standard InChI is InChI=1S/C9H10FNO2/c1-9(13)6-3-2-5(10)4-7(6)11-8(9)12/h2,4,6,13H,3H2,1H3,(H,11,12). The van der Waals surface area contributed by atoms with Gasteiger partial charge in [0.1, 0.15) is 11.4 Å². The number of fused-ring (bicyclic) bond motifs is 1. The molecular formula is C9H10FNO2. The van der Waals surface area contributed by atoms with Gasteiger partial charge in [-0.2, -0.15) is 0 Å². The van der Waals surface area contributed by atoms with E-state index in [9.17, 15) is 14.3 Å². The van der Waals surface area contributed by atoms with Gasteiger partial charge >= 0.3 is 0 Å². The first-order valence-electron chi connectivity index (χ1n) is 4.13. The number of aliphatic hydroxyl groups is 1. The molecule has 0 aromatic carbocycles. The first-order chi connectivity index (χ1) is 6.01. The van der Waals surface area contributed by atoms with E-state index in [-0.39, 0.29) is 11.7 Å². The van der Waals surface area contributed by atoms with Crippen LogP contribution in [-0.2, 0) is 4.79 Å². The lowest BCUT2D eigenvalue weighted by molar-refractivity contribution is -0.136. The maximum atomic E-state index is 12.8. The average molecular weight is 183 g/mol. The molecule has 3 nitrogen and oxygen atoms in total. The van der Waals surface area contributed by atoms with E-state index in [1.54, 1.807) is 0 Å². The summed E-state index contributed by atoms with van der Waals surface area (Å²) in [4.78, 5) is 11.2. The molecule has 2 unspecified atom stereocenters. The highest BCUT2D eigenvalue weighted by Gasteiger charge is 2.48. The highest BCUT2D eigenvalue weighted by atomic mass is 19.1. The van der Waals surface area contributed by atoms with Gasteiger partial charge < -0.3 is 10.4 Å². The van der Waals surface area contributed by atoms with E-state index in [1.165, 1.54) is 19.1 Å². The first-order valence-corrected chi connectivity index (χ1v) is 4.13. The largest absolute Gasteiger partial charge is 0.380 e. The van der Waals surface area contributed by atoms with Crippen LogP contribution in [0.1, 0.15) is 13.3 Å². The van der Waals surface area contributed by atoms with Crippen molar-refractivity contribution >= 4 is 5.91 Å². The molecular weight excluding hydrogens is 173 g/mol. The second-order valence-corrected chi connectivity index (χ2v) is 3.58.